The van der Waals surface area contributed by atoms with Gasteiger partial charge in [0.15, 0.2) is 0 Å². The first kappa shape index (κ1) is 16.7. The molecule has 136 valence electrons. The Bertz CT molecular complexity index is 957. The quantitative estimate of drug-likeness (QED) is 0.891. The van der Waals surface area contributed by atoms with Crippen molar-refractivity contribution in [2.24, 2.45) is 0 Å². The fraction of sp³-hybridized carbons (Fsp3) is 0.278. The van der Waals surface area contributed by atoms with Crippen LogP contribution >= 0.6 is 0 Å². The van der Waals surface area contributed by atoms with Gasteiger partial charge in [0.2, 0.25) is 5.91 Å². The first-order valence-electron chi connectivity index (χ1n) is 8.38. The normalized spacial score (nSPS) is 15.9. The maximum absolute atomic E-state index is 13.2. The second-order valence-corrected chi connectivity index (χ2v) is 8.10. The van der Waals surface area contributed by atoms with Crippen molar-refractivity contribution in [3.63, 3.8) is 0 Å². The molecule has 0 saturated heterocycles. The van der Waals surface area contributed by atoms with E-state index in [1.165, 1.54) is 23.4 Å². The second-order valence-electron chi connectivity index (χ2n) is 6.24. The molecule has 26 heavy (non-hydrogen) atoms. The molecule has 2 aromatic carbocycles. The zero-order valence-corrected chi connectivity index (χ0v) is 15.1. The van der Waals surface area contributed by atoms with E-state index < -0.39 is 10.0 Å². The summed E-state index contributed by atoms with van der Waals surface area (Å²) in [6.45, 7) is 3.77. The highest BCUT2D eigenvalue weighted by Crippen LogP contribution is 2.44. The van der Waals surface area contributed by atoms with Gasteiger partial charge in [-0.25, -0.2) is 8.42 Å². The van der Waals surface area contributed by atoms with Crippen molar-refractivity contribution in [1.82, 2.24) is 0 Å². The average Bonchev–Trinajstić information content (AvgIpc) is 2.62. The summed E-state index contributed by atoms with van der Waals surface area (Å²) < 4.78 is 33.5. The van der Waals surface area contributed by atoms with Gasteiger partial charge < -0.3 is 15.0 Å². The molecule has 1 N–H and O–H groups in total. The van der Waals surface area contributed by atoms with E-state index in [2.05, 4.69) is 10.2 Å². The van der Waals surface area contributed by atoms with Crippen LogP contribution in [0.5, 0.6) is 5.75 Å². The van der Waals surface area contributed by atoms with Gasteiger partial charge >= 0.3 is 0 Å². The van der Waals surface area contributed by atoms with Gasteiger partial charge in [-0.15, -0.1) is 0 Å². The molecule has 0 radical (unpaired) electrons. The number of anilines is 3. The van der Waals surface area contributed by atoms with Gasteiger partial charge in [0, 0.05) is 19.2 Å². The Morgan fingerprint density at radius 2 is 1.85 bits per heavy atom. The van der Waals surface area contributed by atoms with Crippen LogP contribution in [-0.2, 0) is 14.8 Å². The third-order valence-electron chi connectivity index (χ3n) is 4.52. The Morgan fingerprint density at radius 1 is 1.08 bits per heavy atom. The number of hydrogen-bond acceptors (Lipinski definition) is 5. The minimum absolute atomic E-state index is 0.189. The molecule has 0 aliphatic carbocycles. The number of carbonyl (C=O) groups excluding carboxylic acids is 1. The first-order chi connectivity index (χ1) is 12.5. The maximum atomic E-state index is 13.2. The fourth-order valence-electron chi connectivity index (χ4n) is 3.37. The standard InChI is InChI=1S/C18H19N3O4S/c1-13(22)19-14-5-7-15(8-6-14)26(23,24)21-10-9-20-11-12-25-17-4-2-3-16(21)18(17)20/h2-8H,9-12H2,1H3,(H,19,22). The summed E-state index contributed by atoms with van der Waals surface area (Å²) in [4.78, 5) is 13.5. The van der Waals surface area contributed by atoms with Crippen molar-refractivity contribution in [2.45, 2.75) is 11.8 Å². The molecule has 2 aliphatic rings. The number of sulfonamides is 1. The van der Waals surface area contributed by atoms with Crippen LogP contribution in [0.2, 0.25) is 0 Å². The highest BCUT2D eigenvalue weighted by Gasteiger charge is 2.35. The van der Waals surface area contributed by atoms with Crippen molar-refractivity contribution < 1.29 is 17.9 Å². The molecule has 4 rings (SSSR count). The minimum atomic E-state index is -3.71. The number of amides is 1. The Balaban J connectivity index is 1.72. The molecule has 0 fully saturated rings. The highest BCUT2D eigenvalue weighted by atomic mass is 32.2. The molecule has 1 amide bonds. The second kappa shape index (κ2) is 6.21. The number of para-hydroxylation sites is 1. The molecule has 0 spiro atoms. The molecular weight excluding hydrogens is 354 g/mol. The van der Waals surface area contributed by atoms with E-state index in [0.717, 1.165) is 18.0 Å². The number of carbonyl (C=O) groups is 1. The number of ether oxygens (including phenoxy) is 1. The maximum Gasteiger partial charge on any atom is 0.264 e. The predicted molar refractivity (Wildman–Crippen MR) is 99.4 cm³/mol. The van der Waals surface area contributed by atoms with Crippen LogP contribution in [0, 0.1) is 0 Å². The summed E-state index contributed by atoms with van der Waals surface area (Å²) in [5.74, 6) is 0.516. The van der Waals surface area contributed by atoms with Crippen LogP contribution in [0.1, 0.15) is 6.92 Å². The molecule has 2 heterocycles. The molecule has 0 atom stereocenters. The topological polar surface area (TPSA) is 79.0 Å². The average molecular weight is 373 g/mol. The summed E-state index contributed by atoms with van der Waals surface area (Å²) in [5, 5.41) is 2.64. The van der Waals surface area contributed by atoms with Crippen LogP contribution in [0.3, 0.4) is 0 Å². The number of hydrogen-bond donors (Lipinski definition) is 1. The molecule has 8 heteroatoms. The molecular formula is C18H19N3O4S. The largest absolute Gasteiger partial charge is 0.489 e. The lowest BCUT2D eigenvalue weighted by Crippen LogP contribution is -2.46. The lowest BCUT2D eigenvalue weighted by molar-refractivity contribution is -0.114. The van der Waals surface area contributed by atoms with E-state index in [9.17, 15) is 13.2 Å². The zero-order chi connectivity index (χ0) is 18.3. The Kier molecular flexibility index (Phi) is 3.99. The van der Waals surface area contributed by atoms with Crippen LogP contribution in [0.25, 0.3) is 0 Å². The van der Waals surface area contributed by atoms with Crippen molar-refractivity contribution in [3.05, 3.63) is 42.5 Å². The molecule has 0 bridgehead atoms. The van der Waals surface area contributed by atoms with Crippen LogP contribution < -0.4 is 19.3 Å². The van der Waals surface area contributed by atoms with Gasteiger partial charge in [0.1, 0.15) is 18.0 Å². The zero-order valence-electron chi connectivity index (χ0n) is 14.3. The Labute approximate surface area is 152 Å². The highest BCUT2D eigenvalue weighted by molar-refractivity contribution is 7.92. The minimum Gasteiger partial charge on any atom is -0.489 e. The number of nitrogens with zero attached hydrogens (tertiary/aromatic N) is 2. The van der Waals surface area contributed by atoms with E-state index in [4.69, 9.17) is 4.74 Å². The lowest BCUT2D eigenvalue weighted by atomic mass is 10.1. The van der Waals surface area contributed by atoms with E-state index in [-0.39, 0.29) is 10.8 Å². The third kappa shape index (κ3) is 2.76. The van der Waals surface area contributed by atoms with E-state index >= 15 is 0 Å². The first-order valence-corrected chi connectivity index (χ1v) is 9.82. The van der Waals surface area contributed by atoms with Crippen molar-refractivity contribution >= 4 is 33.0 Å². The van der Waals surface area contributed by atoms with Crippen molar-refractivity contribution in [2.75, 3.05) is 40.8 Å². The van der Waals surface area contributed by atoms with Gasteiger partial charge in [-0.1, -0.05) is 6.07 Å². The monoisotopic (exact) mass is 373 g/mol. The van der Waals surface area contributed by atoms with E-state index in [1.807, 2.05) is 18.2 Å². The number of nitrogens with one attached hydrogen (secondary N) is 1. The Morgan fingerprint density at radius 3 is 2.58 bits per heavy atom. The van der Waals surface area contributed by atoms with Crippen LogP contribution in [0.4, 0.5) is 17.1 Å². The van der Waals surface area contributed by atoms with Crippen molar-refractivity contribution in [3.8, 4) is 5.75 Å². The van der Waals surface area contributed by atoms with Gasteiger partial charge in [-0.3, -0.25) is 9.10 Å². The lowest BCUT2D eigenvalue weighted by Gasteiger charge is -2.41. The number of benzene rings is 2. The summed E-state index contributed by atoms with van der Waals surface area (Å²) in [7, 11) is -3.71. The molecule has 2 aromatic rings. The molecule has 0 aromatic heterocycles. The van der Waals surface area contributed by atoms with Gasteiger partial charge in [0.05, 0.1) is 23.7 Å². The third-order valence-corrected chi connectivity index (χ3v) is 6.34. The predicted octanol–water partition coefficient (Wildman–Crippen LogP) is 2.05. The molecule has 0 unspecified atom stereocenters. The molecule has 2 aliphatic heterocycles. The van der Waals surface area contributed by atoms with Crippen LogP contribution in [-0.4, -0.2) is 40.6 Å². The van der Waals surface area contributed by atoms with E-state index in [1.54, 1.807) is 12.1 Å². The van der Waals surface area contributed by atoms with Gasteiger partial charge in [0.25, 0.3) is 10.0 Å². The fourth-order valence-corrected chi connectivity index (χ4v) is 4.83. The van der Waals surface area contributed by atoms with Gasteiger partial charge in [-0.2, -0.15) is 0 Å². The molecule has 7 nitrogen and oxygen atoms in total. The van der Waals surface area contributed by atoms with Crippen molar-refractivity contribution in [1.29, 1.82) is 0 Å². The SMILES string of the molecule is CC(=O)Nc1ccc(S(=O)(=O)N2CCN3CCOc4cccc2c43)cc1. The van der Waals surface area contributed by atoms with E-state index in [0.29, 0.717) is 31.1 Å². The summed E-state index contributed by atoms with van der Waals surface area (Å²) in [6.07, 6.45) is 0. The molecule has 0 saturated carbocycles. The van der Waals surface area contributed by atoms with Gasteiger partial charge in [-0.05, 0) is 36.4 Å². The Hall–Kier alpha value is -2.74. The summed E-state index contributed by atoms with van der Waals surface area (Å²) >= 11 is 0. The smallest absolute Gasteiger partial charge is 0.264 e. The summed E-state index contributed by atoms with van der Waals surface area (Å²) in [6, 6.07) is 11.7. The number of rotatable bonds is 3. The summed E-state index contributed by atoms with van der Waals surface area (Å²) in [5.41, 5.74) is 2.04. The van der Waals surface area contributed by atoms with Crippen LogP contribution in [0.15, 0.2) is 47.4 Å².